The molecule has 5 nitrogen and oxygen atoms in total. The summed E-state index contributed by atoms with van der Waals surface area (Å²) in [6, 6.07) is 1.81. The van der Waals surface area contributed by atoms with Crippen molar-refractivity contribution in [2.24, 2.45) is 0 Å². The Bertz CT molecular complexity index is 335. The largest absolute Gasteiger partial charge is 0.472 e. The molecule has 0 radical (unpaired) electrons. The van der Waals surface area contributed by atoms with Crippen LogP contribution in [-0.2, 0) is 0 Å². The number of hydrogen-bond acceptors (Lipinski definition) is 3. The van der Waals surface area contributed by atoms with Gasteiger partial charge in [-0.05, 0) is 18.1 Å². The Balaban J connectivity index is 2.04. The minimum absolute atomic E-state index is 0.0145. The molecule has 15 heavy (non-hydrogen) atoms. The summed E-state index contributed by atoms with van der Waals surface area (Å²) >= 11 is 0. The molecule has 1 saturated heterocycles. The average molecular weight is 211 g/mol. The van der Waals surface area contributed by atoms with Crippen LogP contribution in [0.3, 0.4) is 0 Å². The number of furan rings is 1. The fraction of sp³-hybridized carbons (Fsp3) is 0.500. The van der Waals surface area contributed by atoms with E-state index in [4.69, 9.17) is 9.52 Å². The SMILES string of the molecule is O=C(O)N1CCC(c2ccoc2)C(O)C1. The molecule has 2 N–H and O–H groups in total. The van der Waals surface area contributed by atoms with Crippen LogP contribution < -0.4 is 0 Å². The molecule has 1 aliphatic rings. The molecular formula is C10H13NO4. The van der Waals surface area contributed by atoms with Gasteiger partial charge in [0.1, 0.15) is 0 Å². The second kappa shape index (κ2) is 3.94. The second-order valence-corrected chi connectivity index (χ2v) is 3.75. The summed E-state index contributed by atoms with van der Waals surface area (Å²) < 4.78 is 4.95. The second-order valence-electron chi connectivity index (χ2n) is 3.75. The number of carbonyl (C=O) groups is 1. The van der Waals surface area contributed by atoms with Crippen molar-refractivity contribution in [1.82, 2.24) is 4.90 Å². The van der Waals surface area contributed by atoms with Crippen LogP contribution in [0.1, 0.15) is 17.9 Å². The zero-order chi connectivity index (χ0) is 10.8. The van der Waals surface area contributed by atoms with Gasteiger partial charge in [0.15, 0.2) is 0 Å². The van der Waals surface area contributed by atoms with Gasteiger partial charge in [0, 0.05) is 12.5 Å². The van der Waals surface area contributed by atoms with E-state index in [9.17, 15) is 9.90 Å². The van der Waals surface area contributed by atoms with Gasteiger partial charge in [-0.1, -0.05) is 0 Å². The van der Waals surface area contributed by atoms with Gasteiger partial charge < -0.3 is 19.5 Å². The van der Waals surface area contributed by atoms with E-state index in [1.54, 1.807) is 12.5 Å². The number of nitrogens with zero attached hydrogens (tertiary/aromatic N) is 1. The Hall–Kier alpha value is -1.49. The summed E-state index contributed by atoms with van der Waals surface area (Å²) in [5.41, 5.74) is 0.938. The quantitative estimate of drug-likeness (QED) is 0.729. The predicted molar refractivity (Wildman–Crippen MR) is 51.7 cm³/mol. The first kappa shape index (κ1) is 10.0. The fourth-order valence-electron chi connectivity index (χ4n) is 1.98. The lowest BCUT2D eigenvalue weighted by atomic mass is 9.89. The van der Waals surface area contributed by atoms with Crippen molar-refractivity contribution in [3.63, 3.8) is 0 Å². The van der Waals surface area contributed by atoms with E-state index in [0.29, 0.717) is 13.0 Å². The van der Waals surface area contributed by atoms with E-state index in [-0.39, 0.29) is 12.5 Å². The molecule has 2 heterocycles. The third kappa shape index (κ3) is 1.97. The van der Waals surface area contributed by atoms with Crippen LogP contribution in [0.2, 0.25) is 0 Å². The molecule has 0 aliphatic carbocycles. The molecule has 2 rings (SSSR count). The maximum Gasteiger partial charge on any atom is 0.407 e. The van der Waals surface area contributed by atoms with Gasteiger partial charge in [-0.2, -0.15) is 0 Å². The number of piperidine rings is 1. The summed E-state index contributed by atoms with van der Waals surface area (Å²) in [6.07, 6.45) is 2.18. The number of amides is 1. The first-order chi connectivity index (χ1) is 7.18. The van der Waals surface area contributed by atoms with Gasteiger partial charge >= 0.3 is 6.09 Å². The number of hydrogen-bond donors (Lipinski definition) is 2. The molecule has 82 valence electrons. The summed E-state index contributed by atoms with van der Waals surface area (Å²) in [4.78, 5) is 11.9. The highest BCUT2D eigenvalue weighted by atomic mass is 16.4. The molecule has 2 unspecified atom stereocenters. The standard InChI is InChI=1S/C10H13NO4/c12-9-5-11(10(13)14)3-1-8(9)7-2-4-15-6-7/h2,4,6,8-9,12H,1,3,5H2,(H,13,14). The highest BCUT2D eigenvalue weighted by molar-refractivity contribution is 5.65. The van der Waals surface area contributed by atoms with Crippen molar-refractivity contribution in [3.05, 3.63) is 24.2 Å². The Morgan fingerprint density at radius 3 is 2.93 bits per heavy atom. The topological polar surface area (TPSA) is 73.9 Å². The van der Waals surface area contributed by atoms with Crippen molar-refractivity contribution >= 4 is 6.09 Å². The molecule has 1 aliphatic heterocycles. The van der Waals surface area contributed by atoms with Crippen molar-refractivity contribution in [1.29, 1.82) is 0 Å². The summed E-state index contributed by atoms with van der Waals surface area (Å²) in [7, 11) is 0. The molecule has 0 bridgehead atoms. The molecule has 0 spiro atoms. The average Bonchev–Trinajstić information content (AvgIpc) is 2.70. The summed E-state index contributed by atoms with van der Waals surface area (Å²) in [5.74, 6) is -0.0145. The summed E-state index contributed by atoms with van der Waals surface area (Å²) in [5, 5.41) is 18.6. The van der Waals surface area contributed by atoms with E-state index in [1.165, 1.54) is 4.90 Å². The van der Waals surface area contributed by atoms with E-state index in [1.807, 2.05) is 6.07 Å². The van der Waals surface area contributed by atoms with Crippen LogP contribution in [0.4, 0.5) is 4.79 Å². The molecule has 0 aromatic carbocycles. The third-order valence-electron chi connectivity index (χ3n) is 2.82. The lowest BCUT2D eigenvalue weighted by Gasteiger charge is -2.33. The number of aliphatic hydroxyl groups excluding tert-OH is 1. The van der Waals surface area contributed by atoms with E-state index < -0.39 is 12.2 Å². The van der Waals surface area contributed by atoms with E-state index in [2.05, 4.69) is 0 Å². The molecule has 1 aromatic heterocycles. The normalized spacial score (nSPS) is 26.6. The van der Waals surface area contributed by atoms with Gasteiger partial charge in [0.2, 0.25) is 0 Å². The summed E-state index contributed by atoms with van der Waals surface area (Å²) in [6.45, 7) is 0.632. The van der Waals surface area contributed by atoms with Crippen molar-refractivity contribution in [2.75, 3.05) is 13.1 Å². The van der Waals surface area contributed by atoms with E-state index in [0.717, 1.165) is 5.56 Å². The van der Waals surface area contributed by atoms with Gasteiger partial charge in [-0.3, -0.25) is 0 Å². The molecule has 1 aromatic rings. The van der Waals surface area contributed by atoms with Gasteiger partial charge in [0.25, 0.3) is 0 Å². The zero-order valence-corrected chi connectivity index (χ0v) is 8.17. The predicted octanol–water partition coefficient (Wildman–Crippen LogP) is 1.11. The van der Waals surface area contributed by atoms with Crippen LogP contribution in [0, 0.1) is 0 Å². The Kier molecular flexibility index (Phi) is 2.64. The number of likely N-dealkylation sites (tertiary alicyclic amines) is 1. The monoisotopic (exact) mass is 211 g/mol. The number of β-amino-alcohol motifs (C(OH)–C–C–N with tert-alkyl or cyclic N) is 1. The highest BCUT2D eigenvalue weighted by Gasteiger charge is 2.31. The molecule has 5 heteroatoms. The van der Waals surface area contributed by atoms with Gasteiger partial charge in [0.05, 0.1) is 25.2 Å². The lowest BCUT2D eigenvalue weighted by molar-refractivity contribution is 0.0502. The molecular weight excluding hydrogens is 198 g/mol. The molecule has 1 fully saturated rings. The Morgan fingerprint density at radius 1 is 1.60 bits per heavy atom. The van der Waals surface area contributed by atoms with Gasteiger partial charge in [-0.25, -0.2) is 4.79 Å². The van der Waals surface area contributed by atoms with Crippen molar-refractivity contribution < 1.29 is 19.4 Å². The zero-order valence-electron chi connectivity index (χ0n) is 8.17. The molecule has 0 saturated carbocycles. The van der Waals surface area contributed by atoms with Crippen LogP contribution in [0.15, 0.2) is 23.0 Å². The number of carboxylic acid groups (broad SMARTS) is 1. The van der Waals surface area contributed by atoms with Gasteiger partial charge in [-0.15, -0.1) is 0 Å². The highest BCUT2D eigenvalue weighted by Crippen LogP contribution is 2.28. The first-order valence-corrected chi connectivity index (χ1v) is 4.86. The number of aliphatic hydroxyl groups is 1. The Labute approximate surface area is 86.9 Å². The smallest absolute Gasteiger partial charge is 0.407 e. The first-order valence-electron chi connectivity index (χ1n) is 4.86. The van der Waals surface area contributed by atoms with E-state index >= 15 is 0 Å². The maximum absolute atomic E-state index is 10.7. The van der Waals surface area contributed by atoms with Crippen LogP contribution in [0.25, 0.3) is 0 Å². The van der Waals surface area contributed by atoms with Crippen LogP contribution in [-0.4, -0.2) is 40.4 Å². The maximum atomic E-state index is 10.7. The van der Waals surface area contributed by atoms with Crippen molar-refractivity contribution in [2.45, 2.75) is 18.4 Å². The lowest BCUT2D eigenvalue weighted by Crippen LogP contribution is -2.45. The fourth-order valence-corrected chi connectivity index (χ4v) is 1.98. The third-order valence-corrected chi connectivity index (χ3v) is 2.82. The van der Waals surface area contributed by atoms with Crippen LogP contribution >= 0.6 is 0 Å². The van der Waals surface area contributed by atoms with Crippen LogP contribution in [0.5, 0.6) is 0 Å². The number of rotatable bonds is 1. The molecule has 1 amide bonds. The minimum atomic E-state index is -0.973. The Morgan fingerprint density at radius 2 is 2.40 bits per heavy atom. The molecule has 2 atom stereocenters. The van der Waals surface area contributed by atoms with Crippen molar-refractivity contribution in [3.8, 4) is 0 Å². The minimum Gasteiger partial charge on any atom is -0.472 e.